The molecule has 1 saturated carbocycles. The molecule has 0 spiro atoms. The lowest BCUT2D eigenvalue weighted by molar-refractivity contribution is -0.275. The maximum absolute atomic E-state index is 14.3. The number of hydrogen-bond donors (Lipinski definition) is 1. The predicted octanol–water partition coefficient (Wildman–Crippen LogP) is 6.97. The van der Waals surface area contributed by atoms with Crippen molar-refractivity contribution < 1.29 is 27.2 Å². The van der Waals surface area contributed by atoms with Gasteiger partial charge in [0.15, 0.2) is 5.82 Å². The first-order chi connectivity index (χ1) is 17.9. The number of carbonyl (C=O) groups excluding carboxylic acids is 1. The summed E-state index contributed by atoms with van der Waals surface area (Å²) in [6.07, 6.45) is -1.54. The molecule has 1 aromatic carbocycles. The molecule has 1 fully saturated rings. The van der Waals surface area contributed by atoms with Crippen LogP contribution in [0.4, 0.5) is 17.6 Å². The summed E-state index contributed by atoms with van der Waals surface area (Å²) in [4.78, 5) is 21.1. The van der Waals surface area contributed by atoms with E-state index in [0.717, 1.165) is 47.4 Å². The molecule has 2 aromatic rings. The van der Waals surface area contributed by atoms with Crippen LogP contribution < -0.4 is 5.32 Å². The first-order valence-corrected chi connectivity index (χ1v) is 13.5. The van der Waals surface area contributed by atoms with Crippen LogP contribution in [0.5, 0.6) is 0 Å². The van der Waals surface area contributed by atoms with Crippen molar-refractivity contribution in [3.05, 3.63) is 54.4 Å². The summed E-state index contributed by atoms with van der Waals surface area (Å²) in [5.74, 6) is -1.25. The average Bonchev–Trinajstić information content (AvgIpc) is 3.57. The van der Waals surface area contributed by atoms with E-state index in [4.69, 9.17) is 28.0 Å². The quantitative estimate of drug-likeness (QED) is 0.310. The summed E-state index contributed by atoms with van der Waals surface area (Å²) in [6.45, 7) is 2.29. The molecule has 38 heavy (non-hydrogen) atoms. The zero-order valence-corrected chi connectivity index (χ0v) is 22.5. The number of oxime groups is 1. The minimum atomic E-state index is -4.90. The van der Waals surface area contributed by atoms with Crippen LogP contribution in [0.25, 0.3) is 0 Å². The van der Waals surface area contributed by atoms with Gasteiger partial charge >= 0.3 is 6.18 Å². The number of rotatable bonds is 3. The number of amidine groups is 1. The molecule has 202 valence electrons. The van der Waals surface area contributed by atoms with Crippen molar-refractivity contribution in [2.24, 2.45) is 5.16 Å². The highest BCUT2D eigenvalue weighted by Gasteiger charge is 2.63. The number of alkyl halides is 3. The Hall–Kier alpha value is -2.55. The van der Waals surface area contributed by atoms with Crippen molar-refractivity contribution in [3.63, 3.8) is 0 Å². The molecular formula is C25H22Cl2F4N4O2S. The van der Waals surface area contributed by atoms with E-state index < -0.39 is 45.2 Å². The zero-order chi connectivity index (χ0) is 27.5. The van der Waals surface area contributed by atoms with Crippen LogP contribution in [0.15, 0.2) is 17.3 Å². The van der Waals surface area contributed by atoms with Crippen LogP contribution in [0.3, 0.4) is 0 Å². The fourth-order valence-corrected chi connectivity index (χ4v) is 7.02. The van der Waals surface area contributed by atoms with Gasteiger partial charge in [0.2, 0.25) is 0 Å². The number of amides is 1. The van der Waals surface area contributed by atoms with E-state index in [-0.39, 0.29) is 24.8 Å². The fourth-order valence-electron chi connectivity index (χ4n) is 5.30. The van der Waals surface area contributed by atoms with Crippen molar-refractivity contribution in [1.29, 1.82) is 5.26 Å². The average molecular weight is 589 g/mol. The maximum atomic E-state index is 14.3. The molecule has 6 nitrogen and oxygen atoms in total. The normalized spacial score (nSPS) is 22.5. The number of thiophene rings is 1. The molecule has 0 radical (unpaired) electrons. The second kappa shape index (κ2) is 9.57. The van der Waals surface area contributed by atoms with Crippen molar-refractivity contribution >= 4 is 46.3 Å². The molecule has 13 heteroatoms. The third-order valence-corrected chi connectivity index (χ3v) is 9.37. The lowest BCUT2D eigenvalue weighted by Gasteiger charge is -2.31. The van der Waals surface area contributed by atoms with Gasteiger partial charge in [0.1, 0.15) is 11.4 Å². The van der Waals surface area contributed by atoms with Gasteiger partial charge in [-0.05, 0) is 43.0 Å². The zero-order valence-electron chi connectivity index (χ0n) is 20.1. The van der Waals surface area contributed by atoms with Crippen molar-refractivity contribution in [2.45, 2.75) is 75.9 Å². The highest BCUT2D eigenvalue weighted by molar-refractivity contribution is 7.14. The van der Waals surface area contributed by atoms with E-state index in [2.05, 4.69) is 16.5 Å². The number of fused-ring (bicyclic) bond motifs is 1. The number of hydrogen-bond acceptors (Lipinski definition) is 6. The van der Waals surface area contributed by atoms with E-state index in [1.807, 2.05) is 0 Å². The van der Waals surface area contributed by atoms with Gasteiger partial charge in [0.05, 0.1) is 34.0 Å². The van der Waals surface area contributed by atoms with Gasteiger partial charge in [-0.25, -0.2) is 4.39 Å². The number of carbonyl (C=O) groups is 1. The number of halogens is 6. The number of nitrogens with zero attached hydrogens (tertiary/aromatic N) is 3. The van der Waals surface area contributed by atoms with E-state index in [9.17, 15) is 27.6 Å². The Kier molecular flexibility index (Phi) is 6.81. The monoisotopic (exact) mass is 588 g/mol. The molecule has 1 atom stereocenters. The van der Waals surface area contributed by atoms with E-state index >= 15 is 0 Å². The minimum absolute atomic E-state index is 0.0679. The third-order valence-electron chi connectivity index (χ3n) is 7.51. The minimum Gasteiger partial charge on any atom is -0.372 e. The van der Waals surface area contributed by atoms with Gasteiger partial charge in [-0.15, -0.1) is 11.3 Å². The molecule has 0 saturated heterocycles. The SMILES string of the molecule is Cc1c(C(=O)NC2(C#N)CCCCC2)sc2c1CN(C1=NOC(c3cc(Cl)c(F)c(Cl)c3)(C(F)(F)F)C1)C2. The Morgan fingerprint density at radius 1 is 1.21 bits per heavy atom. The molecule has 1 aromatic heterocycles. The Morgan fingerprint density at radius 3 is 2.45 bits per heavy atom. The Balaban J connectivity index is 1.35. The van der Waals surface area contributed by atoms with Gasteiger partial charge in [0, 0.05) is 17.0 Å². The highest BCUT2D eigenvalue weighted by atomic mass is 35.5. The van der Waals surface area contributed by atoms with E-state index in [1.54, 1.807) is 11.8 Å². The summed E-state index contributed by atoms with van der Waals surface area (Å²) in [5.41, 5.74) is -2.61. The number of nitriles is 1. The van der Waals surface area contributed by atoms with Crippen LogP contribution in [-0.4, -0.2) is 28.4 Å². The van der Waals surface area contributed by atoms with Crippen LogP contribution >= 0.6 is 34.5 Å². The van der Waals surface area contributed by atoms with E-state index in [0.29, 0.717) is 17.7 Å². The van der Waals surface area contributed by atoms with Gasteiger partial charge in [0.25, 0.3) is 11.5 Å². The summed E-state index contributed by atoms with van der Waals surface area (Å²) >= 11 is 12.8. The van der Waals surface area contributed by atoms with Crippen LogP contribution in [-0.2, 0) is 23.5 Å². The Morgan fingerprint density at radius 2 is 1.87 bits per heavy atom. The van der Waals surface area contributed by atoms with E-state index in [1.165, 1.54) is 11.3 Å². The van der Waals surface area contributed by atoms with Gasteiger partial charge in [-0.1, -0.05) is 47.6 Å². The standard InChI is InChI=1S/C25H22Cl2F4N4O2S/c1-13-15-10-35(11-18(15)38-21(13)22(36)33-23(12-32)5-3-2-4-6-23)19-9-24(37-34-19,25(29,30)31)14-7-16(26)20(28)17(27)8-14/h7-8H,2-6,9-11H2,1H3,(H,33,36). The molecule has 2 aliphatic heterocycles. The lowest BCUT2D eigenvalue weighted by Crippen LogP contribution is -2.48. The summed E-state index contributed by atoms with van der Waals surface area (Å²) < 4.78 is 56.9. The van der Waals surface area contributed by atoms with Gasteiger partial charge < -0.3 is 15.1 Å². The molecule has 0 bridgehead atoms. The fraction of sp³-hybridized carbons (Fsp3) is 0.480. The van der Waals surface area contributed by atoms with Crippen molar-refractivity contribution in [3.8, 4) is 6.07 Å². The first kappa shape index (κ1) is 27.0. The molecule has 1 amide bonds. The molecule has 1 aliphatic carbocycles. The second-order valence-corrected chi connectivity index (χ2v) is 11.8. The molecule has 1 N–H and O–H groups in total. The predicted molar refractivity (Wildman–Crippen MR) is 134 cm³/mol. The van der Waals surface area contributed by atoms with Crippen LogP contribution in [0.2, 0.25) is 10.0 Å². The van der Waals surface area contributed by atoms with Crippen molar-refractivity contribution in [1.82, 2.24) is 10.2 Å². The maximum Gasteiger partial charge on any atom is 0.435 e. The molecule has 5 rings (SSSR count). The third kappa shape index (κ3) is 4.40. The summed E-state index contributed by atoms with van der Waals surface area (Å²) in [6, 6.07) is 3.98. The van der Waals surface area contributed by atoms with Crippen LogP contribution in [0, 0.1) is 24.1 Å². The molecule has 3 heterocycles. The largest absolute Gasteiger partial charge is 0.435 e. The van der Waals surface area contributed by atoms with Crippen LogP contribution in [0.1, 0.15) is 69.8 Å². The topological polar surface area (TPSA) is 77.7 Å². The summed E-state index contributed by atoms with van der Waals surface area (Å²) in [7, 11) is 0. The number of nitrogens with one attached hydrogen (secondary N) is 1. The molecule has 3 aliphatic rings. The summed E-state index contributed by atoms with van der Waals surface area (Å²) in [5, 5.41) is 15.3. The molecular weight excluding hydrogens is 567 g/mol. The van der Waals surface area contributed by atoms with Gasteiger partial charge in [-0.2, -0.15) is 18.4 Å². The number of benzene rings is 1. The highest BCUT2D eigenvalue weighted by Crippen LogP contribution is 2.50. The van der Waals surface area contributed by atoms with Crippen molar-refractivity contribution in [2.75, 3.05) is 0 Å². The smallest absolute Gasteiger partial charge is 0.372 e. The second-order valence-electron chi connectivity index (χ2n) is 9.88. The molecule has 1 unspecified atom stereocenters. The Bertz CT molecular complexity index is 1360. The Labute approximate surface area is 230 Å². The lowest BCUT2D eigenvalue weighted by atomic mass is 9.83. The first-order valence-electron chi connectivity index (χ1n) is 12.0. The van der Waals surface area contributed by atoms with Gasteiger partial charge in [-0.3, -0.25) is 4.79 Å².